The minimum absolute atomic E-state index is 0.0344. The molecule has 3 aliphatic rings. The first-order chi connectivity index (χ1) is 12.2. The van der Waals surface area contributed by atoms with Crippen molar-refractivity contribution in [2.45, 2.75) is 57.3 Å². The molecule has 6 heteroatoms. The van der Waals surface area contributed by atoms with E-state index in [1.165, 1.54) is 43.4 Å². The van der Waals surface area contributed by atoms with Crippen LogP contribution in [0.3, 0.4) is 0 Å². The average molecular weight is 359 g/mol. The molecular formula is C19H25N3O2S. The summed E-state index contributed by atoms with van der Waals surface area (Å²) in [6, 6.07) is 0. The maximum absolute atomic E-state index is 12.8. The molecule has 0 bridgehead atoms. The van der Waals surface area contributed by atoms with Gasteiger partial charge in [-0.3, -0.25) is 14.6 Å². The standard InChI is InChI=1S/C19H25N3O2S/c23-15-12-14(20-8-11-22-9-4-5-10-22)17(24)18-16(15)21-19(25-18)13-6-2-1-3-7-13/h13H,1-12H2. The number of aromatic nitrogens is 1. The summed E-state index contributed by atoms with van der Waals surface area (Å²) in [6.45, 7) is 3.74. The maximum Gasteiger partial charge on any atom is 0.219 e. The SMILES string of the molecule is O=C1CC(=NCCN2CCCC2)C(=O)c2sc(C3CCCCC3)nc21. The predicted molar refractivity (Wildman–Crippen MR) is 99.2 cm³/mol. The van der Waals surface area contributed by atoms with Gasteiger partial charge in [0.15, 0.2) is 5.78 Å². The number of ketones is 2. The number of carbonyl (C=O) groups is 2. The molecule has 1 aromatic heterocycles. The number of thiazole rings is 1. The van der Waals surface area contributed by atoms with Crippen LogP contribution in [0.4, 0.5) is 0 Å². The Morgan fingerprint density at radius 2 is 1.84 bits per heavy atom. The number of nitrogens with zero attached hydrogens (tertiary/aromatic N) is 3. The molecule has 0 aromatic carbocycles. The summed E-state index contributed by atoms with van der Waals surface area (Å²) in [5.74, 6) is 0.337. The molecule has 0 atom stereocenters. The predicted octanol–water partition coefficient (Wildman–Crippen LogP) is 3.50. The van der Waals surface area contributed by atoms with Crippen LogP contribution in [0.5, 0.6) is 0 Å². The lowest BCUT2D eigenvalue weighted by molar-refractivity contribution is 0.0962. The Morgan fingerprint density at radius 1 is 1.08 bits per heavy atom. The van der Waals surface area contributed by atoms with Gasteiger partial charge in [0, 0.05) is 12.5 Å². The molecule has 0 spiro atoms. The molecule has 1 aromatic rings. The van der Waals surface area contributed by atoms with Gasteiger partial charge >= 0.3 is 0 Å². The van der Waals surface area contributed by atoms with Gasteiger partial charge in [0.1, 0.15) is 10.6 Å². The summed E-state index contributed by atoms with van der Waals surface area (Å²) in [7, 11) is 0. The molecular weight excluding hydrogens is 334 g/mol. The van der Waals surface area contributed by atoms with Crippen LogP contribution in [0.2, 0.25) is 0 Å². The van der Waals surface area contributed by atoms with E-state index >= 15 is 0 Å². The highest BCUT2D eigenvalue weighted by atomic mass is 32.1. The highest BCUT2D eigenvalue weighted by Gasteiger charge is 2.34. The van der Waals surface area contributed by atoms with E-state index in [0.717, 1.165) is 37.5 Å². The van der Waals surface area contributed by atoms with Crippen molar-refractivity contribution in [1.29, 1.82) is 0 Å². The van der Waals surface area contributed by atoms with Crippen molar-refractivity contribution in [2.24, 2.45) is 4.99 Å². The summed E-state index contributed by atoms with van der Waals surface area (Å²) in [5, 5.41) is 0.990. The van der Waals surface area contributed by atoms with Crippen molar-refractivity contribution in [3.05, 3.63) is 15.6 Å². The number of fused-ring (bicyclic) bond motifs is 1. The second-order valence-corrected chi connectivity index (χ2v) is 8.40. The van der Waals surface area contributed by atoms with Crippen LogP contribution >= 0.6 is 11.3 Å². The van der Waals surface area contributed by atoms with Crippen LogP contribution in [-0.2, 0) is 0 Å². The first-order valence-electron chi connectivity index (χ1n) is 9.56. The minimum Gasteiger partial charge on any atom is -0.301 e. The molecule has 0 N–H and O–H groups in total. The number of Topliss-reactive ketones (excluding diaryl/α,β-unsaturated/α-hetero) is 2. The fourth-order valence-electron chi connectivity index (χ4n) is 4.11. The van der Waals surface area contributed by atoms with Gasteiger partial charge in [-0.25, -0.2) is 4.98 Å². The Hall–Kier alpha value is -1.40. The summed E-state index contributed by atoms with van der Waals surface area (Å²) in [4.78, 5) is 37.2. The van der Waals surface area contributed by atoms with Crippen LogP contribution in [0.1, 0.15) is 82.5 Å². The topological polar surface area (TPSA) is 62.6 Å². The zero-order valence-electron chi connectivity index (χ0n) is 14.6. The normalized spacial score (nSPS) is 24.2. The van der Waals surface area contributed by atoms with Crippen molar-refractivity contribution in [3.63, 3.8) is 0 Å². The van der Waals surface area contributed by atoms with Crippen LogP contribution < -0.4 is 0 Å². The molecule has 0 unspecified atom stereocenters. The quantitative estimate of drug-likeness (QED) is 0.825. The smallest absolute Gasteiger partial charge is 0.219 e. The van der Waals surface area contributed by atoms with Gasteiger partial charge in [0.25, 0.3) is 0 Å². The van der Waals surface area contributed by atoms with Gasteiger partial charge in [-0.15, -0.1) is 11.3 Å². The van der Waals surface area contributed by atoms with E-state index in [0.29, 0.717) is 28.7 Å². The van der Waals surface area contributed by atoms with E-state index in [1.807, 2.05) is 0 Å². The van der Waals surface area contributed by atoms with Gasteiger partial charge in [-0.2, -0.15) is 0 Å². The minimum atomic E-state index is -0.0596. The number of carbonyl (C=O) groups excluding carboxylic acids is 2. The van der Waals surface area contributed by atoms with Gasteiger partial charge in [-0.05, 0) is 38.8 Å². The van der Waals surface area contributed by atoms with Crippen molar-refractivity contribution >= 4 is 28.6 Å². The molecule has 1 aliphatic heterocycles. The lowest BCUT2D eigenvalue weighted by atomic mass is 9.90. The molecule has 134 valence electrons. The fourth-order valence-corrected chi connectivity index (χ4v) is 5.33. The third-order valence-corrected chi connectivity index (χ3v) is 6.79. The van der Waals surface area contributed by atoms with Crippen molar-refractivity contribution in [3.8, 4) is 0 Å². The zero-order chi connectivity index (χ0) is 17.2. The third kappa shape index (κ3) is 3.60. The van der Waals surface area contributed by atoms with Gasteiger partial charge in [0.2, 0.25) is 5.78 Å². The van der Waals surface area contributed by atoms with Crippen LogP contribution in [-0.4, -0.2) is 53.3 Å². The molecule has 0 amide bonds. The Labute approximate surface area is 152 Å². The summed E-state index contributed by atoms with van der Waals surface area (Å²) >= 11 is 1.44. The van der Waals surface area contributed by atoms with Gasteiger partial charge in [0.05, 0.1) is 23.7 Å². The second-order valence-electron chi connectivity index (χ2n) is 7.37. The van der Waals surface area contributed by atoms with Crippen molar-refractivity contribution in [2.75, 3.05) is 26.2 Å². The van der Waals surface area contributed by atoms with Crippen molar-refractivity contribution < 1.29 is 9.59 Å². The van der Waals surface area contributed by atoms with E-state index in [1.54, 1.807) is 0 Å². The molecule has 2 heterocycles. The molecule has 2 aliphatic carbocycles. The van der Waals surface area contributed by atoms with Gasteiger partial charge in [-0.1, -0.05) is 19.3 Å². The molecule has 4 rings (SSSR count). The largest absolute Gasteiger partial charge is 0.301 e. The third-order valence-electron chi connectivity index (χ3n) is 5.58. The van der Waals surface area contributed by atoms with E-state index < -0.39 is 0 Å². The molecule has 5 nitrogen and oxygen atoms in total. The highest BCUT2D eigenvalue weighted by molar-refractivity contribution is 7.15. The lowest BCUT2D eigenvalue weighted by Crippen LogP contribution is -2.28. The Kier molecular flexibility index (Phi) is 5.08. The highest BCUT2D eigenvalue weighted by Crippen LogP contribution is 2.37. The van der Waals surface area contributed by atoms with E-state index in [-0.39, 0.29) is 18.0 Å². The fraction of sp³-hybridized carbons (Fsp3) is 0.684. The van der Waals surface area contributed by atoms with Gasteiger partial charge < -0.3 is 4.90 Å². The Balaban J connectivity index is 1.48. The van der Waals surface area contributed by atoms with Crippen LogP contribution in [0.25, 0.3) is 0 Å². The first kappa shape index (κ1) is 17.0. The second kappa shape index (κ2) is 7.46. The summed E-state index contributed by atoms with van der Waals surface area (Å²) in [6.07, 6.45) is 8.62. The van der Waals surface area contributed by atoms with Crippen molar-refractivity contribution in [1.82, 2.24) is 9.88 Å². The molecule has 1 saturated heterocycles. The lowest BCUT2D eigenvalue weighted by Gasteiger charge is -2.18. The maximum atomic E-state index is 12.8. The number of hydrogen-bond acceptors (Lipinski definition) is 6. The molecule has 1 saturated carbocycles. The number of aliphatic imine (C=N–C) groups is 1. The molecule has 0 radical (unpaired) electrons. The van der Waals surface area contributed by atoms with E-state index in [2.05, 4.69) is 14.9 Å². The zero-order valence-corrected chi connectivity index (χ0v) is 15.4. The Morgan fingerprint density at radius 3 is 2.60 bits per heavy atom. The van der Waals surface area contributed by atoms with E-state index in [9.17, 15) is 9.59 Å². The monoisotopic (exact) mass is 359 g/mol. The van der Waals surface area contributed by atoms with Crippen LogP contribution in [0.15, 0.2) is 4.99 Å². The number of likely N-dealkylation sites (tertiary alicyclic amines) is 1. The number of hydrogen-bond donors (Lipinski definition) is 0. The summed E-state index contributed by atoms with van der Waals surface area (Å²) < 4.78 is 0. The van der Waals surface area contributed by atoms with E-state index in [4.69, 9.17) is 0 Å². The molecule has 2 fully saturated rings. The van der Waals surface area contributed by atoms with Crippen LogP contribution in [0, 0.1) is 0 Å². The summed E-state index contributed by atoms with van der Waals surface area (Å²) in [5.41, 5.74) is 0.851. The first-order valence-corrected chi connectivity index (χ1v) is 10.4. The Bertz CT molecular complexity index is 698. The average Bonchev–Trinajstić information content (AvgIpc) is 3.30. The number of rotatable bonds is 4. The molecule has 25 heavy (non-hydrogen) atoms.